The van der Waals surface area contributed by atoms with Crippen LogP contribution in [-0.2, 0) is 0 Å². The first-order valence-electron chi connectivity index (χ1n) is 5.08. The number of alkyl halides is 1. The normalized spacial score (nSPS) is 11.4. The maximum Gasteiger partial charge on any atom is 0.254 e. The van der Waals surface area contributed by atoms with Gasteiger partial charge in [0.2, 0.25) is 0 Å². The largest absolute Gasteiger partial charge is 0.336 e. The zero-order valence-electron chi connectivity index (χ0n) is 9.93. The fourth-order valence-electron chi connectivity index (χ4n) is 1.24. The summed E-state index contributed by atoms with van der Waals surface area (Å²) < 4.78 is 13.8. The van der Waals surface area contributed by atoms with Crippen LogP contribution in [0.4, 0.5) is 4.39 Å². The van der Waals surface area contributed by atoms with Crippen molar-refractivity contribution in [2.24, 2.45) is 0 Å². The van der Waals surface area contributed by atoms with Gasteiger partial charge in [0.25, 0.3) is 5.91 Å². The molecule has 0 unspecified atom stereocenters. The SMILES string of the molecule is CN(C(=O)c1cc(F)cc(Br)c1)C(C)(C)CBr. The van der Waals surface area contributed by atoms with E-state index < -0.39 is 5.82 Å². The minimum absolute atomic E-state index is 0.199. The first kappa shape index (κ1) is 14.6. The second-order valence-electron chi connectivity index (χ2n) is 4.47. The lowest BCUT2D eigenvalue weighted by Crippen LogP contribution is -2.46. The number of rotatable bonds is 3. The Hall–Kier alpha value is -0.420. The molecule has 0 spiro atoms. The highest BCUT2D eigenvalue weighted by molar-refractivity contribution is 9.10. The summed E-state index contributed by atoms with van der Waals surface area (Å²) in [7, 11) is 1.71. The number of halogens is 3. The molecule has 0 N–H and O–H groups in total. The molecule has 17 heavy (non-hydrogen) atoms. The van der Waals surface area contributed by atoms with Crippen LogP contribution in [0.1, 0.15) is 24.2 Å². The number of carbonyl (C=O) groups excluding carboxylic acids is 1. The zero-order valence-corrected chi connectivity index (χ0v) is 13.1. The van der Waals surface area contributed by atoms with Gasteiger partial charge >= 0.3 is 0 Å². The number of nitrogens with zero attached hydrogens (tertiary/aromatic N) is 1. The Morgan fingerprint density at radius 1 is 1.41 bits per heavy atom. The molecule has 0 fully saturated rings. The van der Waals surface area contributed by atoms with Crippen molar-refractivity contribution in [3.8, 4) is 0 Å². The van der Waals surface area contributed by atoms with E-state index in [1.807, 2.05) is 13.8 Å². The van der Waals surface area contributed by atoms with Gasteiger partial charge in [-0.1, -0.05) is 31.9 Å². The van der Waals surface area contributed by atoms with Crippen LogP contribution in [0, 0.1) is 5.82 Å². The molecule has 1 amide bonds. The molecule has 0 atom stereocenters. The lowest BCUT2D eigenvalue weighted by Gasteiger charge is -2.34. The average Bonchev–Trinajstić information content (AvgIpc) is 2.25. The molecule has 1 rings (SSSR count). The third-order valence-corrected chi connectivity index (χ3v) is 4.48. The van der Waals surface area contributed by atoms with Gasteiger partial charge in [-0.15, -0.1) is 0 Å². The Morgan fingerprint density at radius 2 is 2.00 bits per heavy atom. The Labute approximate surface area is 117 Å². The molecule has 0 aromatic heterocycles. The van der Waals surface area contributed by atoms with Gasteiger partial charge in [-0.2, -0.15) is 0 Å². The summed E-state index contributed by atoms with van der Waals surface area (Å²) in [5.41, 5.74) is 0.0176. The van der Waals surface area contributed by atoms with Crippen LogP contribution in [0.2, 0.25) is 0 Å². The quantitative estimate of drug-likeness (QED) is 0.744. The van der Waals surface area contributed by atoms with Gasteiger partial charge in [-0.25, -0.2) is 4.39 Å². The Bertz CT molecular complexity index is 414. The van der Waals surface area contributed by atoms with E-state index in [9.17, 15) is 9.18 Å². The molecule has 0 bridgehead atoms. The highest BCUT2D eigenvalue weighted by atomic mass is 79.9. The van der Waals surface area contributed by atoms with E-state index in [2.05, 4.69) is 31.9 Å². The van der Waals surface area contributed by atoms with Gasteiger partial charge in [0.15, 0.2) is 0 Å². The van der Waals surface area contributed by atoms with Crippen molar-refractivity contribution in [2.45, 2.75) is 19.4 Å². The molecule has 0 radical (unpaired) electrons. The van der Waals surface area contributed by atoms with Crippen molar-refractivity contribution in [1.82, 2.24) is 4.90 Å². The topological polar surface area (TPSA) is 20.3 Å². The van der Waals surface area contributed by atoms with Crippen molar-refractivity contribution >= 4 is 37.8 Å². The second-order valence-corrected chi connectivity index (χ2v) is 5.94. The van der Waals surface area contributed by atoms with Crippen LogP contribution in [-0.4, -0.2) is 28.7 Å². The Kier molecular flexibility index (Phi) is 4.72. The van der Waals surface area contributed by atoms with Crippen molar-refractivity contribution < 1.29 is 9.18 Å². The lowest BCUT2D eigenvalue weighted by molar-refractivity contribution is 0.0663. The number of benzene rings is 1. The minimum Gasteiger partial charge on any atom is -0.336 e. The fourth-order valence-corrected chi connectivity index (χ4v) is 2.08. The molecule has 0 heterocycles. The first-order valence-corrected chi connectivity index (χ1v) is 6.99. The molecular formula is C12H14Br2FNO. The number of hydrogen-bond donors (Lipinski definition) is 0. The smallest absolute Gasteiger partial charge is 0.254 e. The van der Waals surface area contributed by atoms with Crippen LogP contribution in [0.5, 0.6) is 0 Å². The van der Waals surface area contributed by atoms with E-state index >= 15 is 0 Å². The summed E-state index contributed by atoms with van der Waals surface area (Å²) >= 11 is 6.54. The molecule has 0 aliphatic heterocycles. The monoisotopic (exact) mass is 365 g/mol. The van der Waals surface area contributed by atoms with Gasteiger partial charge < -0.3 is 4.90 Å². The maximum absolute atomic E-state index is 13.2. The van der Waals surface area contributed by atoms with Crippen molar-refractivity contribution in [1.29, 1.82) is 0 Å². The van der Waals surface area contributed by atoms with Gasteiger partial charge in [-0.05, 0) is 32.0 Å². The molecule has 5 heteroatoms. The van der Waals surface area contributed by atoms with Gasteiger partial charge in [0.1, 0.15) is 5.82 Å². The Morgan fingerprint density at radius 3 is 2.47 bits per heavy atom. The summed E-state index contributed by atoms with van der Waals surface area (Å²) in [5.74, 6) is -0.623. The van der Waals surface area contributed by atoms with Gasteiger partial charge in [0.05, 0.1) is 0 Å². The highest BCUT2D eigenvalue weighted by Crippen LogP contribution is 2.21. The molecule has 2 nitrogen and oxygen atoms in total. The van der Waals surface area contributed by atoms with Crippen LogP contribution in [0.3, 0.4) is 0 Å². The van der Waals surface area contributed by atoms with Crippen molar-refractivity contribution in [3.63, 3.8) is 0 Å². The standard InChI is InChI=1S/C12H14Br2FNO/c1-12(2,7-13)16(3)11(17)8-4-9(14)6-10(15)5-8/h4-6H,7H2,1-3H3. The van der Waals surface area contributed by atoms with E-state index in [1.54, 1.807) is 18.0 Å². The van der Waals surface area contributed by atoms with E-state index in [-0.39, 0.29) is 11.4 Å². The maximum atomic E-state index is 13.2. The Balaban J connectivity index is 3.04. The van der Waals surface area contributed by atoms with Crippen LogP contribution >= 0.6 is 31.9 Å². The predicted octanol–water partition coefficient (Wildman–Crippen LogP) is 3.83. The average molecular weight is 367 g/mol. The molecule has 1 aromatic carbocycles. The van der Waals surface area contributed by atoms with Crippen LogP contribution in [0.25, 0.3) is 0 Å². The van der Waals surface area contributed by atoms with E-state index in [4.69, 9.17) is 0 Å². The van der Waals surface area contributed by atoms with Gasteiger partial charge in [0, 0.05) is 28.0 Å². The predicted molar refractivity (Wildman–Crippen MR) is 74.1 cm³/mol. The number of hydrogen-bond acceptors (Lipinski definition) is 1. The molecule has 94 valence electrons. The molecule has 0 saturated heterocycles. The minimum atomic E-state index is -0.423. The number of carbonyl (C=O) groups is 1. The summed E-state index contributed by atoms with van der Waals surface area (Å²) in [6.45, 7) is 3.88. The van der Waals surface area contributed by atoms with E-state index in [1.165, 1.54) is 12.1 Å². The summed E-state index contributed by atoms with van der Waals surface area (Å²) in [6, 6.07) is 4.19. The third kappa shape index (κ3) is 3.52. The van der Waals surface area contributed by atoms with Crippen molar-refractivity contribution in [3.05, 3.63) is 34.1 Å². The molecule has 0 aliphatic rings. The van der Waals surface area contributed by atoms with E-state index in [0.29, 0.717) is 15.4 Å². The molecule has 1 aromatic rings. The summed E-state index contributed by atoms with van der Waals surface area (Å²) in [6.07, 6.45) is 0. The molecule has 0 saturated carbocycles. The lowest BCUT2D eigenvalue weighted by atomic mass is 10.1. The second kappa shape index (κ2) is 5.48. The van der Waals surface area contributed by atoms with Gasteiger partial charge in [-0.3, -0.25) is 4.79 Å². The fraction of sp³-hybridized carbons (Fsp3) is 0.417. The van der Waals surface area contributed by atoms with Crippen LogP contribution in [0.15, 0.2) is 22.7 Å². The summed E-state index contributed by atoms with van der Waals surface area (Å²) in [4.78, 5) is 13.8. The zero-order chi connectivity index (χ0) is 13.2. The highest BCUT2D eigenvalue weighted by Gasteiger charge is 2.27. The van der Waals surface area contributed by atoms with Crippen molar-refractivity contribution in [2.75, 3.05) is 12.4 Å². The summed E-state index contributed by atoms with van der Waals surface area (Å²) in [5, 5.41) is 0.652. The van der Waals surface area contributed by atoms with Crippen LogP contribution < -0.4 is 0 Å². The number of amides is 1. The first-order chi connectivity index (χ1) is 7.77. The molecular weight excluding hydrogens is 353 g/mol. The third-order valence-electron chi connectivity index (χ3n) is 2.65. The van der Waals surface area contributed by atoms with E-state index in [0.717, 1.165) is 0 Å². The molecule has 0 aliphatic carbocycles.